The fraction of sp³-hybridized carbons (Fsp3) is 0.0909. The average molecular weight is 279 g/mol. The fourth-order valence-corrected chi connectivity index (χ4v) is 1.84. The first-order valence-electron chi connectivity index (χ1n) is 5.44. The van der Waals surface area contributed by atoms with Crippen molar-refractivity contribution in [3.05, 3.63) is 47.0 Å². The summed E-state index contributed by atoms with van der Waals surface area (Å²) in [5, 5.41) is 14.4. The van der Waals surface area contributed by atoms with Crippen molar-refractivity contribution in [2.45, 2.75) is 6.54 Å². The van der Waals surface area contributed by atoms with E-state index in [1.807, 2.05) is 0 Å². The number of nitrogens with zero attached hydrogens (tertiary/aromatic N) is 5. The summed E-state index contributed by atoms with van der Waals surface area (Å²) in [6, 6.07) is 4.55. The number of hydrogen-bond donors (Lipinski definition) is 1. The Kier molecular flexibility index (Phi) is 2.96. The van der Waals surface area contributed by atoms with Crippen molar-refractivity contribution in [3.63, 3.8) is 0 Å². The lowest BCUT2D eigenvalue weighted by Crippen LogP contribution is -2.06. The summed E-state index contributed by atoms with van der Waals surface area (Å²) in [5.74, 6) is 0.206. The van der Waals surface area contributed by atoms with Crippen LogP contribution in [0.5, 0.6) is 0 Å². The van der Waals surface area contributed by atoms with E-state index < -0.39 is 5.82 Å². The van der Waals surface area contributed by atoms with Crippen LogP contribution < -0.4 is 5.32 Å². The third-order valence-electron chi connectivity index (χ3n) is 2.57. The Morgan fingerprint density at radius 3 is 3.05 bits per heavy atom. The van der Waals surface area contributed by atoms with Gasteiger partial charge in [-0.15, -0.1) is 5.10 Å². The Hall–Kier alpha value is -2.28. The van der Waals surface area contributed by atoms with Crippen LogP contribution in [0.1, 0.15) is 5.56 Å². The van der Waals surface area contributed by atoms with Gasteiger partial charge >= 0.3 is 0 Å². The van der Waals surface area contributed by atoms with Gasteiger partial charge in [0.25, 0.3) is 0 Å². The van der Waals surface area contributed by atoms with Crippen molar-refractivity contribution in [2.24, 2.45) is 0 Å². The van der Waals surface area contributed by atoms with Crippen LogP contribution in [0.4, 0.5) is 10.2 Å². The Labute approximate surface area is 112 Å². The van der Waals surface area contributed by atoms with Gasteiger partial charge in [0.1, 0.15) is 5.82 Å². The van der Waals surface area contributed by atoms with Gasteiger partial charge in [0, 0.05) is 6.54 Å². The number of nitrogens with one attached hydrogen (secondary N) is 1. The predicted molar refractivity (Wildman–Crippen MR) is 67.3 cm³/mol. The molecule has 0 saturated carbocycles. The first-order chi connectivity index (χ1) is 9.24. The summed E-state index contributed by atoms with van der Waals surface area (Å²) in [4.78, 5) is 4.02. The minimum Gasteiger partial charge on any atom is -0.365 e. The maximum atomic E-state index is 13.0. The van der Waals surface area contributed by atoms with Crippen LogP contribution in [0.25, 0.3) is 5.65 Å². The molecule has 1 N–H and O–H groups in total. The molecule has 0 aliphatic rings. The highest BCUT2D eigenvalue weighted by Crippen LogP contribution is 2.17. The van der Waals surface area contributed by atoms with Crippen LogP contribution in [0, 0.1) is 5.82 Å². The normalized spacial score (nSPS) is 10.8. The van der Waals surface area contributed by atoms with Gasteiger partial charge < -0.3 is 5.32 Å². The molecule has 2 aromatic heterocycles. The molecule has 0 atom stereocenters. The maximum absolute atomic E-state index is 13.0. The molecular weight excluding hydrogens is 271 g/mol. The molecular formula is C11H8ClFN6. The second-order valence-electron chi connectivity index (χ2n) is 3.84. The third-order valence-corrected chi connectivity index (χ3v) is 2.86. The van der Waals surface area contributed by atoms with E-state index in [9.17, 15) is 4.39 Å². The largest absolute Gasteiger partial charge is 0.365 e. The van der Waals surface area contributed by atoms with Crippen molar-refractivity contribution in [1.82, 2.24) is 25.0 Å². The van der Waals surface area contributed by atoms with Gasteiger partial charge in [0.15, 0.2) is 11.5 Å². The van der Waals surface area contributed by atoms with Gasteiger partial charge in [-0.1, -0.05) is 17.7 Å². The molecule has 0 aliphatic heterocycles. The Morgan fingerprint density at radius 1 is 1.32 bits per heavy atom. The zero-order valence-electron chi connectivity index (χ0n) is 9.59. The molecule has 3 aromatic rings. The molecule has 0 aliphatic carbocycles. The van der Waals surface area contributed by atoms with Crippen molar-refractivity contribution in [3.8, 4) is 0 Å². The molecule has 6 nitrogen and oxygen atoms in total. The van der Waals surface area contributed by atoms with E-state index >= 15 is 0 Å². The molecule has 1 aromatic carbocycles. The summed E-state index contributed by atoms with van der Waals surface area (Å²) < 4.78 is 14.6. The average Bonchev–Trinajstić information content (AvgIpc) is 2.89. The SMILES string of the molecule is Fc1ccc(CNc2cncc3nnnn23)cc1Cl. The topological polar surface area (TPSA) is 68.0 Å². The lowest BCUT2D eigenvalue weighted by molar-refractivity contribution is 0.627. The van der Waals surface area contributed by atoms with Gasteiger partial charge in [0.2, 0.25) is 0 Å². The van der Waals surface area contributed by atoms with Crippen LogP contribution in [0.3, 0.4) is 0 Å². The summed E-state index contributed by atoms with van der Waals surface area (Å²) in [6.07, 6.45) is 3.16. The van der Waals surface area contributed by atoms with E-state index in [4.69, 9.17) is 11.6 Å². The van der Waals surface area contributed by atoms with E-state index in [-0.39, 0.29) is 5.02 Å². The molecule has 19 heavy (non-hydrogen) atoms. The van der Waals surface area contributed by atoms with Gasteiger partial charge in [-0.3, -0.25) is 4.98 Å². The minimum absolute atomic E-state index is 0.0954. The number of tetrazole rings is 1. The lowest BCUT2D eigenvalue weighted by atomic mass is 10.2. The summed E-state index contributed by atoms with van der Waals surface area (Å²) in [6.45, 7) is 0.459. The summed E-state index contributed by atoms with van der Waals surface area (Å²) >= 11 is 5.72. The van der Waals surface area contributed by atoms with E-state index in [0.29, 0.717) is 18.0 Å². The number of benzene rings is 1. The Morgan fingerprint density at radius 2 is 2.21 bits per heavy atom. The lowest BCUT2D eigenvalue weighted by Gasteiger charge is -2.07. The highest BCUT2D eigenvalue weighted by atomic mass is 35.5. The molecule has 0 saturated heterocycles. The molecule has 0 spiro atoms. The highest BCUT2D eigenvalue weighted by Gasteiger charge is 2.05. The fourth-order valence-electron chi connectivity index (χ4n) is 1.64. The molecule has 8 heteroatoms. The second kappa shape index (κ2) is 4.77. The Bertz CT molecular complexity index is 728. The van der Waals surface area contributed by atoms with E-state index in [0.717, 1.165) is 5.56 Å². The third kappa shape index (κ3) is 2.32. The highest BCUT2D eigenvalue weighted by molar-refractivity contribution is 6.30. The van der Waals surface area contributed by atoms with Crippen LogP contribution >= 0.6 is 11.6 Å². The first-order valence-corrected chi connectivity index (χ1v) is 5.82. The number of anilines is 1. The van der Waals surface area contributed by atoms with E-state index in [1.54, 1.807) is 24.5 Å². The zero-order chi connectivity index (χ0) is 13.2. The molecule has 0 amide bonds. The molecule has 96 valence electrons. The summed E-state index contributed by atoms with van der Waals surface area (Å²) in [5.41, 5.74) is 1.39. The minimum atomic E-state index is -0.435. The Balaban J connectivity index is 1.82. The molecule has 3 rings (SSSR count). The smallest absolute Gasteiger partial charge is 0.199 e. The number of rotatable bonds is 3. The zero-order valence-corrected chi connectivity index (χ0v) is 10.3. The summed E-state index contributed by atoms with van der Waals surface area (Å²) in [7, 11) is 0. The second-order valence-corrected chi connectivity index (χ2v) is 4.25. The van der Waals surface area contributed by atoms with E-state index in [2.05, 4.69) is 25.8 Å². The molecule has 0 unspecified atom stereocenters. The monoisotopic (exact) mass is 278 g/mol. The van der Waals surface area contributed by atoms with Gasteiger partial charge in [0.05, 0.1) is 17.4 Å². The number of aromatic nitrogens is 5. The van der Waals surface area contributed by atoms with Crippen LogP contribution in [-0.2, 0) is 6.54 Å². The van der Waals surface area contributed by atoms with Crippen LogP contribution in [0.15, 0.2) is 30.6 Å². The van der Waals surface area contributed by atoms with Gasteiger partial charge in [-0.05, 0) is 28.1 Å². The van der Waals surface area contributed by atoms with Crippen molar-refractivity contribution >= 4 is 23.1 Å². The molecule has 2 heterocycles. The maximum Gasteiger partial charge on any atom is 0.199 e. The first kappa shape index (κ1) is 11.8. The van der Waals surface area contributed by atoms with Crippen LogP contribution in [0.2, 0.25) is 5.02 Å². The number of fused-ring (bicyclic) bond motifs is 1. The molecule has 0 fully saturated rings. The predicted octanol–water partition coefficient (Wildman–Crippen LogP) is 1.92. The van der Waals surface area contributed by atoms with Crippen LogP contribution in [-0.4, -0.2) is 25.0 Å². The standard InChI is InChI=1S/C11H8ClFN6/c12-8-3-7(1-2-9(8)13)4-15-10-5-14-6-11-16-17-18-19(10)11/h1-3,5-6,15H,4H2. The molecule has 0 radical (unpaired) electrons. The van der Waals surface area contributed by atoms with Crippen molar-refractivity contribution in [1.29, 1.82) is 0 Å². The number of hydrogen-bond acceptors (Lipinski definition) is 5. The molecule has 0 bridgehead atoms. The quantitative estimate of drug-likeness (QED) is 0.793. The number of halogens is 2. The van der Waals surface area contributed by atoms with Gasteiger partial charge in [-0.2, -0.15) is 4.52 Å². The van der Waals surface area contributed by atoms with Crippen molar-refractivity contribution in [2.75, 3.05) is 5.32 Å². The van der Waals surface area contributed by atoms with Gasteiger partial charge in [-0.25, -0.2) is 4.39 Å². The van der Waals surface area contributed by atoms with Crippen molar-refractivity contribution < 1.29 is 4.39 Å². The van der Waals surface area contributed by atoms with E-state index in [1.165, 1.54) is 10.6 Å².